The van der Waals surface area contributed by atoms with E-state index in [1.165, 1.54) is 17.5 Å². The van der Waals surface area contributed by atoms with Gasteiger partial charge in [0.2, 0.25) is 11.8 Å². The van der Waals surface area contributed by atoms with Crippen LogP contribution in [0.3, 0.4) is 0 Å². The molecule has 1 unspecified atom stereocenters. The first-order valence-corrected chi connectivity index (χ1v) is 9.44. The fourth-order valence-corrected chi connectivity index (χ4v) is 3.60. The molecular weight excluding hydrogens is 322 g/mol. The Kier molecular flexibility index (Phi) is 5.12. The Hall–Kier alpha value is -2.46. The minimum absolute atomic E-state index is 0.360. The molecule has 3 aromatic rings. The number of aromatic nitrogens is 2. The SMILES string of the molecule is Cc1ccc(-c2nnc(C3CCN(CCCc4ccccc4)C3)o2)cc1. The Bertz CT molecular complexity index is 826. The quantitative estimate of drug-likeness (QED) is 0.660. The fraction of sp³-hybridized carbons (Fsp3) is 0.364. The lowest BCUT2D eigenvalue weighted by molar-refractivity contribution is 0.323. The third-order valence-electron chi connectivity index (χ3n) is 5.14. The minimum atomic E-state index is 0.360. The summed E-state index contributed by atoms with van der Waals surface area (Å²) in [6, 6.07) is 18.9. The summed E-state index contributed by atoms with van der Waals surface area (Å²) < 4.78 is 5.97. The van der Waals surface area contributed by atoms with Gasteiger partial charge in [-0.25, -0.2) is 0 Å². The molecule has 1 aliphatic heterocycles. The second kappa shape index (κ2) is 7.83. The molecule has 2 aromatic carbocycles. The van der Waals surface area contributed by atoms with E-state index in [1.807, 2.05) is 12.1 Å². The second-order valence-corrected chi connectivity index (χ2v) is 7.19. The molecule has 0 spiro atoms. The van der Waals surface area contributed by atoms with Gasteiger partial charge in [0.25, 0.3) is 0 Å². The number of hydrogen-bond donors (Lipinski definition) is 0. The molecule has 4 nitrogen and oxygen atoms in total. The van der Waals surface area contributed by atoms with Gasteiger partial charge in [-0.15, -0.1) is 10.2 Å². The van der Waals surface area contributed by atoms with Crippen LogP contribution in [0.1, 0.15) is 35.8 Å². The Labute approximate surface area is 154 Å². The predicted octanol–water partition coefficient (Wildman–Crippen LogP) is 4.47. The predicted molar refractivity (Wildman–Crippen MR) is 103 cm³/mol. The van der Waals surface area contributed by atoms with Crippen LogP contribution < -0.4 is 0 Å². The van der Waals surface area contributed by atoms with Crippen molar-refractivity contribution in [1.82, 2.24) is 15.1 Å². The first-order valence-electron chi connectivity index (χ1n) is 9.44. The molecule has 1 saturated heterocycles. The lowest BCUT2D eigenvalue weighted by atomic mass is 10.1. The highest BCUT2D eigenvalue weighted by molar-refractivity contribution is 5.52. The van der Waals surface area contributed by atoms with Crippen molar-refractivity contribution >= 4 is 0 Å². The number of benzene rings is 2. The number of rotatable bonds is 6. The van der Waals surface area contributed by atoms with Crippen molar-refractivity contribution < 1.29 is 4.42 Å². The molecule has 1 aliphatic rings. The van der Waals surface area contributed by atoms with Crippen LogP contribution in [-0.4, -0.2) is 34.7 Å². The van der Waals surface area contributed by atoms with Crippen LogP contribution in [0.15, 0.2) is 59.0 Å². The number of hydrogen-bond acceptors (Lipinski definition) is 4. The first-order chi connectivity index (χ1) is 12.8. The summed E-state index contributed by atoms with van der Waals surface area (Å²) in [5.74, 6) is 1.77. The van der Waals surface area contributed by atoms with Crippen molar-refractivity contribution in [1.29, 1.82) is 0 Å². The van der Waals surface area contributed by atoms with Gasteiger partial charge >= 0.3 is 0 Å². The van der Waals surface area contributed by atoms with Gasteiger partial charge in [-0.1, -0.05) is 48.0 Å². The Morgan fingerprint density at radius 1 is 1.04 bits per heavy atom. The normalized spacial score (nSPS) is 17.7. The summed E-state index contributed by atoms with van der Waals surface area (Å²) in [5, 5.41) is 8.57. The zero-order valence-electron chi connectivity index (χ0n) is 15.3. The third-order valence-corrected chi connectivity index (χ3v) is 5.14. The van der Waals surface area contributed by atoms with Crippen molar-refractivity contribution in [2.24, 2.45) is 0 Å². The fourth-order valence-electron chi connectivity index (χ4n) is 3.60. The summed E-state index contributed by atoms with van der Waals surface area (Å²) in [7, 11) is 0. The van der Waals surface area contributed by atoms with Crippen LogP contribution >= 0.6 is 0 Å². The van der Waals surface area contributed by atoms with E-state index >= 15 is 0 Å². The van der Waals surface area contributed by atoms with Crippen molar-refractivity contribution in [2.45, 2.75) is 32.1 Å². The highest BCUT2D eigenvalue weighted by Crippen LogP contribution is 2.28. The first kappa shape index (κ1) is 17.0. The van der Waals surface area contributed by atoms with E-state index in [1.54, 1.807) is 0 Å². The number of aryl methyl sites for hydroxylation is 2. The smallest absolute Gasteiger partial charge is 0.247 e. The second-order valence-electron chi connectivity index (χ2n) is 7.19. The molecule has 0 aliphatic carbocycles. The van der Waals surface area contributed by atoms with Gasteiger partial charge in [-0.3, -0.25) is 0 Å². The van der Waals surface area contributed by atoms with Gasteiger partial charge in [0.1, 0.15) is 0 Å². The average molecular weight is 347 g/mol. The summed E-state index contributed by atoms with van der Waals surface area (Å²) in [6.45, 7) is 5.34. The van der Waals surface area contributed by atoms with Crippen molar-refractivity contribution in [2.75, 3.05) is 19.6 Å². The molecule has 134 valence electrons. The summed E-state index contributed by atoms with van der Waals surface area (Å²) in [5.41, 5.74) is 3.64. The Morgan fingerprint density at radius 3 is 2.65 bits per heavy atom. The molecule has 1 fully saturated rings. The third kappa shape index (κ3) is 4.02. The van der Waals surface area contributed by atoms with Gasteiger partial charge < -0.3 is 9.32 Å². The maximum atomic E-state index is 5.97. The van der Waals surface area contributed by atoms with Gasteiger partial charge in [0.05, 0.1) is 5.92 Å². The van der Waals surface area contributed by atoms with Crippen molar-refractivity contribution in [3.63, 3.8) is 0 Å². The molecule has 0 radical (unpaired) electrons. The molecule has 4 rings (SSSR count). The van der Waals surface area contributed by atoms with Gasteiger partial charge in [-0.2, -0.15) is 0 Å². The van der Waals surface area contributed by atoms with Crippen LogP contribution in [0, 0.1) is 6.92 Å². The van der Waals surface area contributed by atoms with E-state index < -0.39 is 0 Å². The summed E-state index contributed by atoms with van der Waals surface area (Å²) in [6.07, 6.45) is 3.43. The van der Waals surface area contributed by atoms with Crippen LogP contribution in [-0.2, 0) is 6.42 Å². The van der Waals surface area contributed by atoms with E-state index in [-0.39, 0.29) is 0 Å². The standard InChI is InChI=1S/C22H25N3O/c1-17-9-11-19(12-10-17)21-23-24-22(26-21)20-13-15-25(16-20)14-5-8-18-6-3-2-4-7-18/h2-4,6-7,9-12,20H,5,8,13-16H2,1H3. The molecule has 0 saturated carbocycles. The Balaban J connectivity index is 1.30. The molecule has 1 atom stereocenters. The molecule has 26 heavy (non-hydrogen) atoms. The minimum Gasteiger partial charge on any atom is -0.420 e. The lowest BCUT2D eigenvalue weighted by Crippen LogP contribution is -2.22. The maximum Gasteiger partial charge on any atom is 0.247 e. The zero-order chi connectivity index (χ0) is 17.8. The van der Waals surface area contributed by atoms with Crippen molar-refractivity contribution in [3.8, 4) is 11.5 Å². The lowest BCUT2D eigenvalue weighted by Gasteiger charge is -2.14. The molecule has 2 heterocycles. The highest BCUT2D eigenvalue weighted by Gasteiger charge is 2.28. The summed E-state index contributed by atoms with van der Waals surface area (Å²) in [4.78, 5) is 2.52. The molecular formula is C22H25N3O. The monoisotopic (exact) mass is 347 g/mol. The molecule has 0 amide bonds. The van der Waals surface area contributed by atoms with E-state index in [4.69, 9.17) is 4.42 Å². The van der Waals surface area contributed by atoms with E-state index in [9.17, 15) is 0 Å². The average Bonchev–Trinajstić information content (AvgIpc) is 3.33. The Morgan fingerprint density at radius 2 is 1.85 bits per heavy atom. The number of likely N-dealkylation sites (tertiary alicyclic amines) is 1. The molecule has 1 aromatic heterocycles. The van der Waals surface area contributed by atoms with Crippen LogP contribution in [0.25, 0.3) is 11.5 Å². The maximum absolute atomic E-state index is 5.97. The molecule has 0 bridgehead atoms. The molecule has 4 heteroatoms. The number of nitrogens with zero attached hydrogens (tertiary/aromatic N) is 3. The van der Waals surface area contributed by atoms with Crippen LogP contribution in [0.4, 0.5) is 0 Å². The topological polar surface area (TPSA) is 42.2 Å². The van der Waals surface area contributed by atoms with E-state index in [0.29, 0.717) is 11.8 Å². The molecule has 0 N–H and O–H groups in total. The summed E-state index contributed by atoms with van der Waals surface area (Å²) >= 11 is 0. The van der Waals surface area contributed by atoms with E-state index in [2.05, 4.69) is 64.5 Å². The van der Waals surface area contributed by atoms with Gasteiger partial charge in [-0.05, 0) is 57.0 Å². The highest BCUT2D eigenvalue weighted by atomic mass is 16.4. The van der Waals surface area contributed by atoms with Gasteiger partial charge in [0.15, 0.2) is 0 Å². The van der Waals surface area contributed by atoms with Crippen LogP contribution in [0.2, 0.25) is 0 Å². The van der Waals surface area contributed by atoms with E-state index in [0.717, 1.165) is 43.9 Å². The van der Waals surface area contributed by atoms with Gasteiger partial charge in [0, 0.05) is 12.1 Å². The van der Waals surface area contributed by atoms with Crippen molar-refractivity contribution in [3.05, 3.63) is 71.6 Å². The largest absolute Gasteiger partial charge is 0.420 e. The zero-order valence-corrected chi connectivity index (χ0v) is 15.3. The van der Waals surface area contributed by atoms with Crippen LogP contribution in [0.5, 0.6) is 0 Å².